The van der Waals surface area contributed by atoms with Crippen LogP contribution in [-0.2, 0) is 6.54 Å². The minimum atomic E-state index is -0.370. The van der Waals surface area contributed by atoms with E-state index in [0.29, 0.717) is 23.6 Å². The highest BCUT2D eigenvalue weighted by Crippen LogP contribution is 2.34. The van der Waals surface area contributed by atoms with E-state index in [1.807, 2.05) is 23.5 Å². The van der Waals surface area contributed by atoms with E-state index < -0.39 is 0 Å². The highest BCUT2D eigenvalue weighted by Gasteiger charge is 2.24. The van der Waals surface area contributed by atoms with Crippen LogP contribution >= 0.6 is 11.3 Å². The number of benzene rings is 2. The predicted molar refractivity (Wildman–Crippen MR) is 116 cm³/mol. The van der Waals surface area contributed by atoms with Gasteiger partial charge in [0.15, 0.2) is 0 Å². The summed E-state index contributed by atoms with van der Waals surface area (Å²) in [7, 11) is 0. The van der Waals surface area contributed by atoms with Gasteiger partial charge in [0.2, 0.25) is 0 Å². The van der Waals surface area contributed by atoms with E-state index in [1.165, 1.54) is 9.71 Å². The molecule has 0 saturated carbocycles. The smallest absolute Gasteiger partial charge is 0.336 e. The molecule has 4 aromatic rings. The fraction of sp³-hybridized carbons (Fsp3) is 0.304. The molecule has 0 atom stereocenters. The molecular formula is C23H22N2O3S. The van der Waals surface area contributed by atoms with Crippen molar-refractivity contribution in [3.05, 3.63) is 69.0 Å². The van der Waals surface area contributed by atoms with Crippen molar-refractivity contribution in [1.29, 1.82) is 0 Å². The maximum absolute atomic E-state index is 12.1. The second-order valence-electron chi connectivity index (χ2n) is 7.75. The van der Waals surface area contributed by atoms with Crippen molar-refractivity contribution in [2.45, 2.75) is 32.2 Å². The zero-order chi connectivity index (χ0) is 20.0. The first-order valence-electron chi connectivity index (χ1n) is 9.91. The summed E-state index contributed by atoms with van der Waals surface area (Å²) in [6.07, 6.45) is 2.14. The highest BCUT2D eigenvalue weighted by molar-refractivity contribution is 7.18. The molecule has 0 aliphatic carbocycles. The Morgan fingerprint density at radius 2 is 2.00 bits per heavy atom. The Morgan fingerprint density at radius 1 is 1.21 bits per heavy atom. The summed E-state index contributed by atoms with van der Waals surface area (Å²) in [5, 5.41) is 12.1. The van der Waals surface area contributed by atoms with Crippen molar-refractivity contribution in [1.82, 2.24) is 9.88 Å². The Morgan fingerprint density at radius 3 is 2.79 bits per heavy atom. The Bertz CT molecular complexity index is 1220. The lowest BCUT2D eigenvalue weighted by Crippen LogP contribution is -2.32. The number of para-hydroxylation sites is 1. The molecule has 2 aromatic heterocycles. The number of aromatic nitrogens is 1. The standard InChI is InChI=1S/C23H22N2O3S/c1-14-19(26)7-6-17-16(12-21(27)28-22(14)17)13-25-10-8-15(9-11-25)23-24-18-4-2-3-5-20(18)29-23/h2-7,12,15,26H,8-11,13H2,1H3. The highest BCUT2D eigenvalue weighted by atomic mass is 32.1. The van der Waals surface area contributed by atoms with Gasteiger partial charge in [-0.25, -0.2) is 9.78 Å². The van der Waals surface area contributed by atoms with Gasteiger partial charge in [0.25, 0.3) is 0 Å². The van der Waals surface area contributed by atoms with Gasteiger partial charge < -0.3 is 9.52 Å². The molecular weight excluding hydrogens is 384 g/mol. The van der Waals surface area contributed by atoms with E-state index in [0.717, 1.165) is 42.4 Å². The third-order valence-electron chi connectivity index (χ3n) is 5.86. The summed E-state index contributed by atoms with van der Waals surface area (Å²) in [5.74, 6) is 0.648. The van der Waals surface area contributed by atoms with Crippen LogP contribution in [0.4, 0.5) is 0 Å². The molecule has 29 heavy (non-hydrogen) atoms. The second kappa shape index (κ2) is 7.28. The number of aromatic hydroxyl groups is 1. The fourth-order valence-corrected chi connectivity index (χ4v) is 5.33. The minimum absolute atomic E-state index is 0.148. The van der Waals surface area contributed by atoms with Crippen molar-refractivity contribution in [2.75, 3.05) is 13.1 Å². The fourth-order valence-electron chi connectivity index (χ4n) is 4.19. The number of thiazole rings is 1. The molecule has 0 amide bonds. The number of hydrogen-bond donors (Lipinski definition) is 1. The number of fused-ring (bicyclic) bond motifs is 2. The lowest BCUT2D eigenvalue weighted by atomic mass is 9.96. The van der Waals surface area contributed by atoms with Crippen molar-refractivity contribution < 1.29 is 9.52 Å². The Kier molecular flexibility index (Phi) is 4.60. The average Bonchev–Trinajstić information content (AvgIpc) is 3.16. The number of piperidine rings is 1. The van der Waals surface area contributed by atoms with Crippen LogP contribution in [0.1, 0.15) is 34.9 Å². The van der Waals surface area contributed by atoms with E-state index in [-0.39, 0.29) is 11.4 Å². The molecule has 5 rings (SSSR count). The number of phenolic OH excluding ortho intramolecular Hbond substituents is 1. The molecule has 6 heteroatoms. The molecule has 148 valence electrons. The Hall–Kier alpha value is -2.70. The number of phenols is 1. The van der Waals surface area contributed by atoms with Crippen LogP contribution in [-0.4, -0.2) is 28.1 Å². The second-order valence-corrected chi connectivity index (χ2v) is 8.81. The normalized spacial score (nSPS) is 16.0. The lowest BCUT2D eigenvalue weighted by molar-refractivity contribution is 0.205. The first kappa shape index (κ1) is 18.3. The summed E-state index contributed by atoms with van der Waals surface area (Å²) in [6, 6.07) is 13.4. The lowest BCUT2D eigenvalue weighted by Gasteiger charge is -2.31. The maximum atomic E-state index is 12.1. The number of hydrogen-bond acceptors (Lipinski definition) is 6. The monoisotopic (exact) mass is 406 g/mol. The van der Waals surface area contributed by atoms with E-state index in [1.54, 1.807) is 19.1 Å². The third kappa shape index (κ3) is 3.43. The van der Waals surface area contributed by atoms with Crippen molar-refractivity contribution in [2.24, 2.45) is 0 Å². The van der Waals surface area contributed by atoms with Gasteiger partial charge in [0.1, 0.15) is 11.3 Å². The van der Waals surface area contributed by atoms with Crippen LogP contribution in [0.15, 0.2) is 51.7 Å². The van der Waals surface area contributed by atoms with Crippen LogP contribution < -0.4 is 5.63 Å². The van der Waals surface area contributed by atoms with Crippen molar-refractivity contribution in [3.63, 3.8) is 0 Å². The summed E-state index contributed by atoms with van der Waals surface area (Å²) >= 11 is 1.81. The SMILES string of the molecule is Cc1c(O)ccc2c(CN3CCC(c4nc5ccccc5s4)CC3)cc(=O)oc12. The molecule has 0 unspecified atom stereocenters. The van der Waals surface area contributed by atoms with Gasteiger partial charge in [-0.05, 0) is 62.7 Å². The molecule has 2 aromatic carbocycles. The first-order valence-corrected chi connectivity index (χ1v) is 10.7. The number of nitrogens with zero attached hydrogens (tertiary/aromatic N) is 2. The van der Waals surface area contributed by atoms with E-state index in [4.69, 9.17) is 9.40 Å². The largest absolute Gasteiger partial charge is 0.508 e. The summed E-state index contributed by atoms with van der Waals surface area (Å²) in [5.41, 5.74) is 2.77. The van der Waals surface area contributed by atoms with E-state index >= 15 is 0 Å². The molecule has 1 aliphatic heterocycles. The Balaban J connectivity index is 1.34. The minimum Gasteiger partial charge on any atom is -0.508 e. The van der Waals surface area contributed by atoms with Gasteiger partial charge in [-0.2, -0.15) is 0 Å². The number of aryl methyl sites for hydroxylation is 1. The third-order valence-corrected chi connectivity index (χ3v) is 7.06. The zero-order valence-electron chi connectivity index (χ0n) is 16.2. The summed E-state index contributed by atoms with van der Waals surface area (Å²) < 4.78 is 6.62. The molecule has 0 radical (unpaired) electrons. The molecule has 1 fully saturated rings. The average molecular weight is 407 g/mol. The molecule has 0 bridgehead atoms. The van der Waals surface area contributed by atoms with Gasteiger partial charge in [0, 0.05) is 29.5 Å². The van der Waals surface area contributed by atoms with Crippen LogP contribution in [0.5, 0.6) is 5.75 Å². The summed E-state index contributed by atoms with van der Waals surface area (Å²) in [4.78, 5) is 19.3. The molecule has 1 aliphatic rings. The van der Waals surface area contributed by atoms with Crippen LogP contribution in [0.2, 0.25) is 0 Å². The van der Waals surface area contributed by atoms with Crippen LogP contribution in [0.25, 0.3) is 21.2 Å². The molecule has 1 saturated heterocycles. The van der Waals surface area contributed by atoms with Gasteiger partial charge in [0.05, 0.1) is 15.2 Å². The summed E-state index contributed by atoms with van der Waals surface area (Å²) in [6.45, 7) is 4.42. The number of likely N-dealkylation sites (tertiary alicyclic amines) is 1. The van der Waals surface area contributed by atoms with Crippen molar-refractivity contribution in [3.8, 4) is 5.75 Å². The molecule has 0 spiro atoms. The molecule has 5 nitrogen and oxygen atoms in total. The molecule has 3 heterocycles. The van der Waals surface area contributed by atoms with Crippen LogP contribution in [0, 0.1) is 6.92 Å². The topological polar surface area (TPSA) is 66.6 Å². The van der Waals surface area contributed by atoms with Crippen molar-refractivity contribution >= 4 is 32.5 Å². The van der Waals surface area contributed by atoms with E-state index in [9.17, 15) is 9.90 Å². The Labute approximate surface area is 172 Å². The zero-order valence-corrected chi connectivity index (χ0v) is 17.0. The van der Waals surface area contributed by atoms with Gasteiger partial charge >= 0.3 is 5.63 Å². The number of rotatable bonds is 3. The van der Waals surface area contributed by atoms with Gasteiger partial charge in [-0.1, -0.05) is 12.1 Å². The van der Waals surface area contributed by atoms with Gasteiger partial charge in [-0.15, -0.1) is 11.3 Å². The van der Waals surface area contributed by atoms with Gasteiger partial charge in [-0.3, -0.25) is 4.90 Å². The molecule has 1 N–H and O–H groups in total. The van der Waals surface area contributed by atoms with Crippen LogP contribution in [0.3, 0.4) is 0 Å². The quantitative estimate of drug-likeness (QED) is 0.495. The van der Waals surface area contributed by atoms with E-state index in [2.05, 4.69) is 23.1 Å². The maximum Gasteiger partial charge on any atom is 0.336 e. The first-order chi connectivity index (χ1) is 14.1. The predicted octanol–water partition coefficient (Wildman–Crippen LogP) is 4.80.